The van der Waals surface area contributed by atoms with Crippen molar-refractivity contribution in [2.45, 2.75) is 26.4 Å². The van der Waals surface area contributed by atoms with Crippen LogP contribution in [0.4, 0.5) is 0 Å². The van der Waals surface area contributed by atoms with Gasteiger partial charge in [0, 0.05) is 10.6 Å². The predicted molar refractivity (Wildman–Crippen MR) is 143 cm³/mol. The van der Waals surface area contributed by atoms with Gasteiger partial charge in [-0.25, -0.2) is 9.78 Å². The second-order valence-electron chi connectivity index (χ2n) is 9.28. The molecule has 36 heavy (non-hydrogen) atoms. The summed E-state index contributed by atoms with van der Waals surface area (Å²) in [5.74, 6) is 0.00509. The summed E-state index contributed by atoms with van der Waals surface area (Å²) in [4.78, 5) is 18.4. The van der Waals surface area contributed by atoms with Crippen LogP contribution in [-0.2, 0) is 11.3 Å². The molecule has 1 aliphatic rings. The Kier molecular flexibility index (Phi) is 5.70. The van der Waals surface area contributed by atoms with E-state index >= 15 is 0 Å². The highest BCUT2D eigenvalue weighted by Gasteiger charge is 2.22. The number of hydrogen-bond acceptors (Lipinski definition) is 5. The van der Waals surface area contributed by atoms with E-state index in [1.54, 1.807) is 17.4 Å². The zero-order valence-electron chi connectivity index (χ0n) is 20.1. The molecule has 0 spiro atoms. The summed E-state index contributed by atoms with van der Waals surface area (Å²) in [5, 5.41) is 11.9. The second-order valence-corrected chi connectivity index (χ2v) is 10.3. The van der Waals surface area contributed by atoms with Gasteiger partial charge in [0.05, 0.1) is 40.3 Å². The molecule has 180 valence electrons. The van der Waals surface area contributed by atoms with E-state index in [4.69, 9.17) is 14.5 Å². The van der Waals surface area contributed by atoms with Gasteiger partial charge in [-0.15, -0.1) is 11.3 Å². The lowest BCUT2D eigenvalue weighted by atomic mass is 9.97. The number of thiophene rings is 1. The highest BCUT2D eigenvalue weighted by Crippen LogP contribution is 2.40. The molecule has 0 unspecified atom stereocenters. The number of ether oxygens (including phenoxy) is 2. The van der Waals surface area contributed by atoms with E-state index in [1.165, 1.54) is 10.9 Å². The molecule has 1 fully saturated rings. The number of carboxylic acids is 1. The summed E-state index contributed by atoms with van der Waals surface area (Å²) in [7, 11) is 0. The molecule has 6 heteroatoms. The van der Waals surface area contributed by atoms with Crippen molar-refractivity contribution in [2.24, 2.45) is 0 Å². The van der Waals surface area contributed by atoms with Gasteiger partial charge in [0.2, 0.25) is 0 Å². The first-order valence-corrected chi connectivity index (χ1v) is 12.8. The number of nitrogens with zero attached hydrogens (tertiary/aromatic N) is 1. The highest BCUT2D eigenvalue weighted by atomic mass is 32.1. The molecule has 0 atom stereocenters. The summed E-state index contributed by atoms with van der Waals surface area (Å²) in [5.41, 5.74) is 5.84. The van der Waals surface area contributed by atoms with Crippen molar-refractivity contribution in [3.63, 3.8) is 0 Å². The van der Waals surface area contributed by atoms with Crippen LogP contribution in [0.15, 0.2) is 66.7 Å². The maximum atomic E-state index is 12.4. The van der Waals surface area contributed by atoms with E-state index in [1.807, 2.05) is 31.2 Å². The Morgan fingerprint density at radius 1 is 1.08 bits per heavy atom. The average molecular weight is 496 g/mol. The van der Waals surface area contributed by atoms with Crippen molar-refractivity contribution in [3.8, 4) is 16.3 Å². The van der Waals surface area contributed by atoms with Crippen molar-refractivity contribution in [1.29, 1.82) is 0 Å². The Labute approximate surface area is 213 Å². The molecule has 0 saturated carbocycles. The standard InChI is InChI=1S/C30H25NO4S/c1-17-7-12-25(35-14-19-8-10-20(11-9-19)21-15-34-16-21)27-23(30(32)33)13-24(31-28(17)27)29-18(2)22-5-3-4-6-26(22)36-29/h3-13,21H,14-16H2,1-2H3,(H,32,33). The number of fused-ring (bicyclic) bond motifs is 2. The van der Waals surface area contributed by atoms with E-state index in [0.717, 1.165) is 39.5 Å². The molecule has 6 rings (SSSR count). The van der Waals surface area contributed by atoms with Gasteiger partial charge in [-0.2, -0.15) is 0 Å². The fourth-order valence-electron chi connectivity index (χ4n) is 4.74. The number of carboxylic acid groups (broad SMARTS) is 1. The van der Waals surface area contributed by atoms with Crippen LogP contribution < -0.4 is 4.74 Å². The summed E-state index contributed by atoms with van der Waals surface area (Å²) in [6, 6.07) is 22.0. The Morgan fingerprint density at radius 3 is 2.56 bits per heavy atom. The van der Waals surface area contributed by atoms with E-state index in [9.17, 15) is 9.90 Å². The summed E-state index contributed by atoms with van der Waals surface area (Å²) >= 11 is 1.64. The summed E-state index contributed by atoms with van der Waals surface area (Å²) < 4.78 is 12.6. The Morgan fingerprint density at radius 2 is 1.86 bits per heavy atom. The van der Waals surface area contributed by atoms with Crippen LogP contribution in [0.1, 0.15) is 38.5 Å². The SMILES string of the molecule is Cc1c(-c2cc(C(=O)O)c3c(OCc4ccc(C5COC5)cc4)ccc(C)c3n2)sc2ccccc12. The normalized spacial score (nSPS) is 13.7. The molecule has 3 heterocycles. The molecule has 1 N–H and O–H groups in total. The van der Waals surface area contributed by atoms with Gasteiger partial charge in [0.25, 0.3) is 0 Å². The molecule has 5 aromatic rings. The van der Waals surface area contributed by atoms with Crippen molar-refractivity contribution in [1.82, 2.24) is 4.98 Å². The third-order valence-corrected chi connectivity index (χ3v) is 8.21. The molecule has 1 saturated heterocycles. The van der Waals surface area contributed by atoms with Crippen LogP contribution in [0.5, 0.6) is 5.75 Å². The molecule has 0 amide bonds. The van der Waals surface area contributed by atoms with E-state index in [-0.39, 0.29) is 5.56 Å². The fourth-order valence-corrected chi connectivity index (χ4v) is 5.91. The van der Waals surface area contributed by atoms with Crippen LogP contribution in [0.2, 0.25) is 0 Å². The van der Waals surface area contributed by atoms with Crippen molar-refractivity contribution in [3.05, 3.63) is 94.5 Å². The second kappa shape index (κ2) is 9.04. The topological polar surface area (TPSA) is 68.7 Å². The van der Waals surface area contributed by atoms with E-state index in [0.29, 0.717) is 34.9 Å². The van der Waals surface area contributed by atoms with Crippen molar-refractivity contribution >= 4 is 38.3 Å². The van der Waals surface area contributed by atoms with Gasteiger partial charge in [0.15, 0.2) is 0 Å². The van der Waals surface area contributed by atoms with E-state index in [2.05, 4.69) is 43.3 Å². The average Bonchev–Trinajstić information content (AvgIpc) is 3.19. The first kappa shape index (κ1) is 22.7. The van der Waals surface area contributed by atoms with Gasteiger partial charge in [-0.1, -0.05) is 48.5 Å². The molecular formula is C30H25NO4S. The highest BCUT2D eigenvalue weighted by molar-refractivity contribution is 7.22. The Bertz CT molecular complexity index is 1620. The van der Waals surface area contributed by atoms with Gasteiger partial charge in [0.1, 0.15) is 12.4 Å². The van der Waals surface area contributed by atoms with Gasteiger partial charge < -0.3 is 14.6 Å². The summed E-state index contributed by atoms with van der Waals surface area (Å²) in [6.07, 6.45) is 0. The van der Waals surface area contributed by atoms with Gasteiger partial charge >= 0.3 is 5.97 Å². The lowest BCUT2D eigenvalue weighted by Crippen LogP contribution is -2.24. The molecule has 1 aliphatic heterocycles. The number of aryl methyl sites for hydroxylation is 2. The van der Waals surface area contributed by atoms with Gasteiger partial charge in [-0.05, 0) is 59.7 Å². The fraction of sp³-hybridized carbons (Fsp3) is 0.200. The minimum Gasteiger partial charge on any atom is -0.488 e. The number of aromatic carboxylic acids is 1. The first-order chi connectivity index (χ1) is 17.5. The number of carbonyl (C=O) groups is 1. The monoisotopic (exact) mass is 495 g/mol. The van der Waals surface area contributed by atoms with Crippen LogP contribution >= 0.6 is 11.3 Å². The largest absolute Gasteiger partial charge is 0.488 e. The number of pyridine rings is 1. The number of rotatable bonds is 6. The smallest absolute Gasteiger partial charge is 0.336 e. The number of aromatic nitrogens is 1. The maximum absolute atomic E-state index is 12.4. The molecule has 0 aliphatic carbocycles. The molecule has 3 aromatic carbocycles. The Balaban J connectivity index is 1.40. The van der Waals surface area contributed by atoms with Crippen LogP contribution in [0, 0.1) is 13.8 Å². The zero-order chi connectivity index (χ0) is 24.8. The maximum Gasteiger partial charge on any atom is 0.336 e. The van der Waals surface area contributed by atoms with E-state index < -0.39 is 5.97 Å². The van der Waals surface area contributed by atoms with Crippen molar-refractivity contribution in [2.75, 3.05) is 13.2 Å². The molecule has 0 bridgehead atoms. The third-order valence-electron chi connectivity index (χ3n) is 6.91. The summed E-state index contributed by atoms with van der Waals surface area (Å²) in [6.45, 7) is 5.92. The zero-order valence-corrected chi connectivity index (χ0v) is 20.9. The first-order valence-electron chi connectivity index (χ1n) is 11.9. The van der Waals surface area contributed by atoms with Crippen LogP contribution in [0.25, 0.3) is 31.6 Å². The molecular weight excluding hydrogens is 470 g/mol. The lowest BCUT2D eigenvalue weighted by molar-refractivity contribution is 0.00841. The van der Waals surface area contributed by atoms with Gasteiger partial charge in [-0.3, -0.25) is 0 Å². The quantitative estimate of drug-likeness (QED) is 0.271. The van der Waals surface area contributed by atoms with Crippen LogP contribution in [-0.4, -0.2) is 29.3 Å². The number of hydrogen-bond donors (Lipinski definition) is 1. The predicted octanol–water partition coefficient (Wildman–Crippen LogP) is 7.12. The minimum atomic E-state index is -0.995. The third kappa shape index (κ3) is 3.92. The minimum absolute atomic E-state index is 0.200. The van der Waals surface area contributed by atoms with Crippen LogP contribution in [0.3, 0.4) is 0 Å². The Hall–Kier alpha value is -3.74. The lowest BCUT2D eigenvalue weighted by Gasteiger charge is -2.26. The molecule has 2 aromatic heterocycles. The number of benzene rings is 3. The molecule has 0 radical (unpaired) electrons. The van der Waals surface area contributed by atoms with Crippen molar-refractivity contribution < 1.29 is 19.4 Å². The molecule has 5 nitrogen and oxygen atoms in total.